The van der Waals surface area contributed by atoms with Gasteiger partial charge in [-0.2, -0.15) is 0 Å². The average molecular weight is 159 g/mol. The normalized spacial score (nSPS) is 44.7. The van der Waals surface area contributed by atoms with Crippen LogP contribution >= 0.6 is 0 Å². The van der Waals surface area contributed by atoms with Gasteiger partial charge >= 0.3 is 0 Å². The molecule has 2 nitrogen and oxygen atoms in total. The minimum absolute atomic E-state index is 0.132. The van der Waals surface area contributed by atoms with Gasteiger partial charge in [0.15, 0.2) is 6.30 Å². The van der Waals surface area contributed by atoms with Crippen LogP contribution in [0.4, 0.5) is 4.39 Å². The highest BCUT2D eigenvalue weighted by molar-refractivity contribution is 5.01. The number of hydrogen-bond donors (Lipinski definition) is 1. The van der Waals surface area contributed by atoms with E-state index in [0.717, 1.165) is 25.8 Å². The maximum atomic E-state index is 13.1. The van der Waals surface area contributed by atoms with E-state index in [9.17, 15) is 4.39 Å². The van der Waals surface area contributed by atoms with Gasteiger partial charge in [-0.1, -0.05) is 0 Å². The Kier molecular flexibility index (Phi) is 1.65. The third-order valence-corrected chi connectivity index (χ3v) is 3.13. The molecule has 2 rings (SSSR count). The van der Waals surface area contributed by atoms with Crippen molar-refractivity contribution < 1.29 is 9.50 Å². The van der Waals surface area contributed by atoms with Crippen LogP contribution < -0.4 is 0 Å². The van der Waals surface area contributed by atoms with Crippen molar-refractivity contribution in [3.8, 4) is 0 Å². The molecule has 2 saturated heterocycles. The Morgan fingerprint density at radius 3 is 3.00 bits per heavy atom. The van der Waals surface area contributed by atoms with Crippen LogP contribution in [0, 0.1) is 0 Å². The highest BCUT2D eigenvalue weighted by atomic mass is 19.1. The molecule has 11 heavy (non-hydrogen) atoms. The molecule has 0 unspecified atom stereocenters. The number of rotatable bonds is 1. The zero-order valence-corrected chi connectivity index (χ0v) is 6.59. The van der Waals surface area contributed by atoms with Gasteiger partial charge in [0.05, 0.1) is 6.61 Å². The van der Waals surface area contributed by atoms with E-state index in [-0.39, 0.29) is 12.1 Å². The van der Waals surface area contributed by atoms with E-state index in [1.165, 1.54) is 0 Å². The van der Waals surface area contributed by atoms with Crippen molar-refractivity contribution in [2.75, 3.05) is 13.2 Å². The third-order valence-electron chi connectivity index (χ3n) is 3.13. The summed E-state index contributed by atoms with van der Waals surface area (Å²) in [5, 5.41) is 9.14. The fourth-order valence-electron chi connectivity index (χ4n) is 2.46. The molecule has 0 saturated carbocycles. The van der Waals surface area contributed by atoms with Crippen molar-refractivity contribution in [2.45, 2.75) is 37.5 Å². The second-order valence-electron chi connectivity index (χ2n) is 3.65. The molecule has 2 atom stereocenters. The summed E-state index contributed by atoms with van der Waals surface area (Å²) in [5.74, 6) is 0. The maximum absolute atomic E-state index is 13.1. The molecule has 0 aromatic carbocycles. The van der Waals surface area contributed by atoms with Crippen LogP contribution in [-0.2, 0) is 0 Å². The summed E-state index contributed by atoms with van der Waals surface area (Å²) < 4.78 is 13.1. The van der Waals surface area contributed by atoms with Crippen LogP contribution in [0.3, 0.4) is 0 Å². The molecule has 0 aromatic heterocycles. The molecule has 64 valence electrons. The van der Waals surface area contributed by atoms with Crippen molar-refractivity contribution in [3.63, 3.8) is 0 Å². The zero-order valence-electron chi connectivity index (χ0n) is 6.59. The maximum Gasteiger partial charge on any atom is 0.154 e. The Balaban J connectivity index is 2.18. The molecule has 0 amide bonds. The molecule has 2 aliphatic heterocycles. The number of halogens is 1. The topological polar surface area (TPSA) is 23.5 Å². The predicted molar refractivity (Wildman–Crippen MR) is 39.9 cm³/mol. The first kappa shape index (κ1) is 7.50. The summed E-state index contributed by atoms with van der Waals surface area (Å²) in [5.41, 5.74) is -0.167. The van der Waals surface area contributed by atoms with E-state index in [1.807, 2.05) is 4.90 Å². The molecule has 0 bridgehead atoms. The molecule has 2 heterocycles. The largest absolute Gasteiger partial charge is 0.394 e. The van der Waals surface area contributed by atoms with Gasteiger partial charge in [0.2, 0.25) is 0 Å². The van der Waals surface area contributed by atoms with Gasteiger partial charge < -0.3 is 5.11 Å². The summed E-state index contributed by atoms with van der Waals surface area (Å²) in [6, 6.07) is 0. The van der Waals surface area contributed by atoms with E-state index in [4.69, 9.17) is 5.11 Å². The second kappa shape index (κ2) is 2.42. The average Bonchev–Trinajstić information content (AvgIpc) is 2.53. The smallest absolute Gasteiger partial charge is 0.154 e. The first-order valence-electron chi connectivity index (χ1n) is 4.30. The summed E-state index contributed by atoms with van der Waals surface area (Å²) >= 11 is 0. The summed E-state index contributed by atoms with van der Waals surface area (Å²) in [6.07, 6.45) is 2.68. The van der Waals surface area contributed by atoms with Crippen LogP contribution in [0.25, 0.3) is 0 Å². The molecule has 0 aliphatic carbocycles. The SMILES string of the molecule is OC[C@@]12CCCN1[C@H](F)CC2. The summed E-state index contributed by atoms with van der Waals surface area (Å²) in [6.45, 7) is 0.967. The number of fused-ring (bicyclic) bond motifs is 1. The van der Waals surface area contributed by atoms with Crippen molar-refractivity contribution in [1.82, 2.24) is 4.90 Å². The van der Waals surface area contributed by atoms with Crippen molar-refractivity contribution in [1.29, 1.82) is 0 Å². The Morgan fingerprint density at radius 2 is 2.36 bits per heavy atom. The van der Waals surface area contributed by atoms with E-state index >= 15 is 0 Å². The Labute approximate surface area is 66.0 Å². The van der Waals surface area contributed by atoms with Gasteiger partial charge in [0, 0.05) is 12.1 Å². The van der Waals surface area contributed by atoms with Crippen molar-refractivity contribution >= 4 is 0 Å². The molecule has 0 radical (unpaired) electrons. The lowest BCUT2D eigenvalue weighted by atomic mass is 9.95. The molecule has 0 spiro atoms. The van der Waals surface area contributed by atoms with E-state index in [2.05, 4.69) is 0 Å². The van der Waals surface area contributed by atoms with Gasteiger partial charge in [-0.3, -0.25) is 4.90 Å². The molecule has 3 heteroatoms. The van der Waals surface area contributed by atoms with Crippen molar-refractivity contribution in [3.05, 3.63) is 0 Å². The van der Waals surface area contributed by atoms with Crippen LogP contribution in [0.15, 0.2) is 0 Å². The zero-order chi connectivity index (χ0) is 7.90. The number of nitrogens with zero attached hydrogens (tertiary/aromatic N) is 1. The monoisotopic (exact) mass is 159 g/mol. The molecule has 1 N–H and O–H groups in total. The molecular weight excluding hydrogens is 145 g/mol. The van der Waals surface area contributed by atoms with Gasteiger partial charge in [0.1, 0.15) is 0 Å². The van der Waals surface area contributed by atoms with E-state index < -0.39 is 6.30 Å². The molecule has 2 aliphatic rings. The van der Waals surface area contributed by atoms with Gasteiger partial charge in [-0.15, -0.1) is 0 Å². The standard InChI is InChI=1S/C8H14FNO/c9-7-2-4-8(6-11)3-1-5-10(7)8/h7,11H,1-6H2/t7-,8-/m0/s1. The summed E-state index contributed by atoms with van der Waals surface area (Å²) in [7, 11) is 0. The van der Waals surface area contributed by atoms with Crippen LogP contribution in [0.1, 0.15) is 25.7 Å². The van der Waals surface area contributed by atoms with Crippen LogP contribution in [-0.4, -0.2) is 35.0 Å². The summed E-state index contributed by atoms with van der Waals surface area (Å²) in [4.78, 5) is 1.84. The predicted octanol–water partition coefficient (Wildman–Crippen LogP) is 0.903. The fourth-order valence-corrected chi connectivity index (χ4v) is 2.46. The Morgan fingerprint density at radius 1 is 1.55 bits per heavy atom. The Bertz CT molecular complexity index is 164. The Hall–Kier alpha value is -0.150. The number of hydrogen-bond acceptors (Lipinski definition) is 2. The second-order valence-corrected chi connectivity index (χ2v) is 3.65. The van der Waals surface area contributed by atoms with Crippen LogP contribution in [0.2, 0.25) is 0 Å². The lowest BCUT2D eigenvalue weighted by Gasteiger charge is -2.30. The first-order valence-corrected chi connectivity index (χ1v) is 4.30. The van der Waals surface area contributed by atoms with E-state index in [0.29, 0.717) is 6.42 Å². The highest BCUT2D eigenvalue weighted by Crippen LogP contribution is 2.42. The molecule has 0 aromatic rings. The quantitative estimate of drug-likeness (QED) is 0.575. The molecule has 2 fully saturated rings. The highest BCUT2D eigenvalue weighted by Gasteiger charge is 2.48. The minimum atomic E-state index is -0.787. The number of alkyl halides is 1. The molecular formula is C8H14FNO. The van der Waals surface area contributed by atoms with Gasteiger partial charge in [-0.05, 0) is 25.7 Å². The third kappa shape index (κ3) is 0.908. The lowest BCUT2D eigenvalue weighted by Crippen LogP contribution is -2.43. The van der Waals surface area contributed by atoms with Gasteiger partial charge in [-0.25, -0.2) is 4.39 Å². The van der Waals surface area contributed by atoms with Crippen LogP contribution in [0.5, 0.6) is 0 Å². The first-order chi connectivity index (χ1) is 5.28. The van der Waals surface area contributed by atoms with E-state index in [1.54, 1.807) is 0 Å². The lowest BCUT2D eigenvalue weighted by molar-refractivity contribution is 0.0340. The number of aliphatic hydroxyl groups excluding tert-OH is 1. The minimum Gasteiger partial charge on any atom is -0.394 e. The van der Waals surface area contributed by atoms with Crippen molar-refractivity contribution in [2.24, 2.45) is 0 Å². The fraction of sp³-hybridized carbons (Fsp3) is 1.00. The van der Waals surface area contributed by atoms with Gasteiger partial charge in [0.25, 0.3) is 0 Å². The number of aliphatic hydroxyl groups is 1.